The Morgan fingerprint density at radius 3 is 2.18 bits per heavy atom. The van der Waals surface area contributed by atoms with Gasteiger partial charge in [0, 0.05) is 25.2 Å². The van der Waals surface area contributed by atoms with E-state index in [4.69, 9.17) is 29.4 Å². The predicted molar refractivity (Wildman–Crippen MR) is 125 cm³/mol. The predicted octanol–water partition coefficient (Wildman–Crippen LogP) is 3.10. The van der Waals surface area contributed by atoms with Crippen LogP contribution in [-0.4, -0.2) is 61.3 Å². The van der Waals surface area contributed by atoms with Crippen LogP contribution in [-0.2, 0) is 16.0 Å². The van der Waals surface area contributed by atoms with Crippen LogP contribution >= 0.6 is 0 Å². The summed E-state index contributed by atoms with van der Waals surface area (Å²) in [6, 6.07) is 4.47. The van der Waals surface area contributed by atoms with Crippen LogP contribution in [0.5, 0.6) is 23.3 Å². The maximum atomic E-state index is 14.2. The Bertz CT molecular complexity index is 1280. The molecule has 0 atom stereocenters. The number of anilines is 2. The van der Waals surface area contributed by atoms with Crippen LogP contribution in [0.15, 0.2) is 18.2 Å². The van der Waals surface area contributed by atoms with Crippen molar-refractivity contribution in [3.63, 3.8) is 0 Å². The highest BCUT2D eigenvalue weighted by Gasteiger charge is 2.28. The van der Waals surface area contributed by atoms with Crippen LogP contribution in [0.4, 0.5) is 33.8 Å². The van der Waals surface area contributed by atoms with Gasteiger partial charge in [0.05, 0.1) is 26.4 Å². The van der Waals surface area contributed by atoms with Crippen molar-refractivity contribution in [3.05, 3.63) is 52.8 Å². The summed E-state index contributed by atoms with van der Waals surface area (Å²) in [6.45, 7) is 1.97. The van der Waals surface area contributed by atoms with Gasteiger partial charge in [-0.15, -0.1) is 0 Å². The number of hydrogen-bond donors (Lipinski definition) is 3. The highest BCUT2D eigenvalue weighted by atomic mass is 19.2. The third-order valence-corrected chi connectivity index (χ3v) is 5.06. The number of hydrogen-bond acceptors (Lipinski definition) is 11. The van der Waals surface area contributed by atoms with Gasteiger partial charge in [-0.2, -0.15) is 23.7 Å². The van der Waals surface area contributed by atoms with E-state index in [1.807, 2.05) is 0 Å². The molecular weight excluding hydrogens is 535 g/mol. The number of fused-ring (bicyclic) bond motifs is 1. The Morgan fingerprint density at radius 1 is 0.795 bits per heavy atom. The summed E-state index contributed by atoms with van der Waals surface area (Å²) in [5.74, 6) is -11.8. The number of benzene rings is 2. The molecule has 0 amide bonds. The summed E-state index contributed by atoms with van der Waals surface area (Å²) in [6.07, 6.45) is 0. The molecule has 39 heavy (non-hydrogen) atoms. The molecule has 4 rings (SSSR count). The lowest BCUT2D eigenvalue weighted by Crippen LogP contribution is -2.16. The van der Waals surface area contributed by atoms with E-state index in [1.54, 1.807) is 18.2 Å². The van der Waals surface area contributed by atoms with Crippen molar-refractivity contribution >= 4 is 11.9 Å². The summed E-state index contributed by atoms with van der Waals surface area (Å²) in [4.78, 5) is 11.9. The zero-order valence-corrected chi connectivity index (χ0v) is 20.2. The SMILES string of the molecule is NCCOCCOCCNc1nc(NCc2cccc3c2OCO3)nc(Oc2c(F)c(F)c(F)c(F)c2F)n1. The molecule has 1 aliphatic rings. The molecule has 16 heteroatoms. The van der Waals surface area contributed by atoms with Gasteiger partial charge < -0.3 is 40.1 Å². The fourth-order valence-electron chi connectivity index (χ4n) is 3.27. The molecule has 4 N–H and O–H groups in total. The number of aromatic nitrogens is 3. The summed E-state index contributed by atoms with van der Waals surface area (Å²) in [5, 5.41) is 5.68. The first-order valence-corrected chi connectivity index (χ1v) is 11.5. The van der Waals surface area contributed by atoms with E-state index >= 15 is 0 Å². The van der Waals surface area contributed by atoms with Crippen molar-refractivity contribution in [2.75, 3.05) is 56.9 Å². The van der Waals surface area contributed by atoms with E-state index < -0.39 is 40.8 Å². The number of rotatable bonds is 14. The molecule has 0 saturated heterocycles. The standard InChI is InChI=1S/C23H23F5N6O5/c24-14-15(25)17(27)20(18(28)16(14)26)39-23-33-21(30-5-7-36-9-8-35-6-4-29)32-22(34-23)31-10-12-2-1-3-13-19(12)38-11-37-13/h1-3H,4-11,29H2,(H2,30,31,32,33,34). The second-order valence-corrected chi connectivity index (χ2v) is 7.71. The van der Waals surface area contributed by atoms with E-state index in [9.17, 15) is 22.0 Å². The molecule has 0 fully saturated rings. The molecule has 1 aromatic heterocycles. The van der Waals surface area contributed by atoms with Crippen molar-refractivity contribution in [2.45, 2.75) is 6.54 Å². The fourth-order valence-corrected chi connectivity index (χ4v) is 3.27. The molecule has 2 heterocycles. The molecule has 0 saturated carbocycles. The summed E-state index contributed by atoms with van der Waals surface area (Å²) in [5.41, 5.74) is 6.00. The lowest BCUT2D eigenvalue weighted by Gasteiger charge is -2.13. The van der Waals surface area contributed by atoms with Crippen LogP contribution in [0, 0.1) is 29.1 Å². The van der Waals surface area contributed by atoms with E-state index in [0.717, 1.165) is 0 Å². The van der Waals surface area contributed by atoms with Gasteiger partial charge in [-0.05, 0) is 6.07 Å². The Labute approximate surface area is 218 Å². The van der Waals surface area contributed by atoms with Gasteiger partial charge in [0.25, 0.3) is 0 Å². The molecule has 11 nitrogen and oxygen atoms in total. The Morgan fingerprint density at radius 2 is 1.46 bits per heavy atom. The molecule has 1 aliphatic heterocycles. The molecule has 2 aromatic carbocycles. The summed E-state index contributed by atoms with van der Waals surface area (Å²) >= 11 is 0. The molecule has 210 valence electrons. The van der Waals surface area contributed by atoms with Gasteiger partial charge in [0.2, 0.25) is 53.5 Å². The van der Waals surface area contributed by atoms with E-state index in [-0.39, 0.29) is 38.4 Å². The molecule has 0 unspecified atom stereocenters. The maximum Gasteiger partial charge on any atom is 0.328 e. The van der Waals surface area contributed by atoms with Crippen LogP contribution in [0.3, 0.4) is 0 Å². The van der Waals surface area contributed by atoms with Gasteiger partial charge in [-0.25, -0.2) is 13.2 Å². The van der Waals surface area contributed by atoms with E-state index in [2.05, 4.69) is 25.6 Å². The van der Waals surface area contributed by atoms with E-state index in [1.165, 1.54) is 0 Å². The van der Waals surface area contributed by atoms with Crippen molar-refractivity contribution < 1.29 is 45.6 Å². The molecule has 0 spiro atoms. The Kier molecular flexibility index (Phi) is 9.45. The maximum absolute atomic E-state index is 14.2. The second kappa shape index (κ2) is 13.2. The highest BCUT2D eigenvalue weighted by molar-refractivity contribution is 5.49. The van der Waals surface area contributed by atoms with Crippen LogP contribution in [0.25, 0.3) is 0 Å². The topological polar surface area (TPSA) is 135 Å². The molecule has 3 aromatic rings. The lowest BCUT2D eigenvalue weighted by atomic mass is 10.2. The van der Waals surface area contributed by atoms with Crippen molar-refractivity contribution in [1.29, 1.82) is 0 Å². The van der Waals surface area contributed by atoms with Gasteiger partial charge in [0.15, 0.2) is 11.5 Å². The van der Waals surface area contributed by atoms with Gasteiger partial charge in [0.1, 0.15) is 0 Å². The Hall–Kier alpha value is -4.02. The number of halogens is 5. The van der Waals surface area contributed by atoms with Crippen LogP contribution in [0.2, 0.25) is 0 Å². The number of nitrogens with zero attached hydrogens (tertiary/aromatic N) is 3. The molecule has 0 aliphatic carbocycles. The third-order valence-electron chi connectivity index (χ3n) is 5.06. The molecular formula is C23H23F5N6O5. The lowest BCUT2D eigenvalue weighted by molar-refractivity contribution is 0.0547. The van der Waals surface area contributed by atoms with Gasteiger partial charge >= 0.3 is 6.01 Å². The van der Waals surface area contributed by atoms with E-state index in [0.29, 0.717) is 43.4 Å². The fraction of sp³-hybridized carbons (Fsp3) is 0.348. The number of nitrogens with two attached hydrogens (primary N) is 1. The zero-order valence-electron chi connectivity index (χ0n) is 20.2. The zero-order chi connectivity index (χ0) is 27.8. The minimum Gasteiger partial charge on any atom is -0.454 e. The first kappa shape index (κ1) is 28.0. The normalized spacial score (nSPS) is 12.1. The minimum absolute atomic E-state index is 0.0489. The van der Waals surface area contributed by atoms with Crippen LogP contribution in [0.1, 0.15) is 5.56 Å². The minimum atomic E-state index is -2.33. The first-order valence-electron chi connectivity index (χ1n) is 11.5. The van der Waals surface area contributed by atoms with Crippen molar-refractivity contribution in [1.82, 2.24) is 15.0 Å². The number of nitrogens with one attached hydrogen (secondary N) is 2. The smallest absolute Gasteiger partial charge is 0.328 e. The largest absolute Gasteiger partial charge is 0.454 e. The Balaban J connectivity index is 1.50. The third kappa shape index (κ3) is 6.90. The average molecular weight is 558 g/mol. The van der Waals surface area contributed by atoms with Crippen molar-refractivity contribution in [3.8, 4) is 23.3 Å². The molecule has 0 radical (unpaired) electrons. The van der Waals surface area contributed by atoms with Crippen LogP contribution < -0.4 is 30.6 Å². The second-order valence-electron chi connectivity index (χ2n) is 7.71. The van der Waals surface area contributed by atoms with Gasteiger partial charge in [-0.3, -0.25) is 0 Å². The highest BCUT2D eigenvalue weighted by Crippen LogP contribution is 2.36. The number of ether oxygens (including phenoxy) is 5. The monoisotopic (exact) mass is 558 g/mol. The van der Waals surface area contributed by atoms with Crippen molar-refractivity contribution in [2.24, 2.45) is 5.73 Å². The molecule has 0 bridgehead atoms. The van der Waals surface area contributed by atoms with Gasteiger partial charge in [-0.1, -0.05) is 12.1 Å². The summed E-state index contributed by atoms with van der Waals surface area (Å²) in [7, 11) is 0. The summed E-state index contributed by atoms with van der Waals surface area (Å²) < 4.78 is 95.3. The quantitative estimate of drug-likeness (QED) is 0.117. The average Bonchev–Trinajstić information content (AvgIpc) is 3.43. The first-order chi connectivity index (χ1) is 18.9. The number of para-hydroxylation sites is 1.